The fourth-order valence-corrected chi connectivity index (χ4v) is 2.74. The average Bonchev–Trinajstić information content (AvgIpc) is 2.97. The number of carbonyl (C=O) groups is 1. The molecule has 0 aliphatic carbocycles. The molecule has 0 radical (unpaired) electrons. The van der Waals surface area contributed by atoms with Gasteiger partial charge in [-0.3, -0.25) is 4.79 Å². The molecule has 0 unspecified atom stereocenters. The van der Waals surface area contributed by atoms with Crippen molar-refractivity contribution in [1.29, 1.82) is 0 Å². The highest BCUT2D eigenvalue weighted by Crippen LogP contribution is 2.16. The van der Waals surface area contributed by atoms with E-state index in [0.717, 1.165) is 23.3 Å². The maximum Gasteiger partial charge on any atom is 0.251 e. The van der Waals surface area contributed by atoms with Crippen LogP contribution in [0.15, 0.2) is 48.5 Å². The number of hydrogen-bond acceptors (Lipinski definition) is 2. The summed E-state index contributed by atoms with van der Waals surface area (Å²) in [6.45, 7) is 0.979. The summed E-state index contributed by atoms with van der Waals surface area (Å²) in [5.74, 6) is 3.00. The van der Waals surface area contributed by atoms with Crippen molar-refractivity contribution >= 4 is 16.9 Å². The van der Waals surface area contributed by atoms with Crippen molar-refractivity contribution in [1.82, 2.24) is 14.9 Å². The number of nitrogens with one attached hydrogen (secondary N) is 1. The van der Waals surface area contributed by atoms with Gasteiger partial charge in [0.25, 0.3) is 5.91 Å². The fourth-order valence-electron chi connectivity index (χ4n) is 2.74. The largest absolute Gasteiger partial charge is 0.352 e. The van der Waals surface area contributed by atoms with Gasteiger partial charge >= 0.3 is 0 Å². The van der Waals surface area contributed by atoms with Crippen molar-refractivity contribution in [2.75, 3.05) is 6.54 Å². The Morgan fingerprint density at radius 2 is 1.96 bits per heavy atom. The number of hydrogen-bond donors (Lipinski definition) is 1. The molecule has 1 heterocycles. The summed E-state index contributed by atoms with van der Waals surface area (Å²) in [4.78, 5) is 16.6. The molecule has 3 rings (SSSR count). The third-order valence-corrected chi connectivity index (χ3v) is 3.95. The highest BCUT2D eigenvalue weighted by atomic mass is 19.1. The number of imidazole rings is 1. The second-order valence-corrected chi connectivity index (χ2v) is 5.67. The number of terminal acetylenes is 1. The van der Waals surface area contributed by atoms with E-state index in [-0.39, 0.29) is 11.7 Å². The van der Waals surface area contributed by atoms with Gasteiger partial charge in [0.05, 0.1) is 17.6 Å². The van der Waals surface area contributed by atoms with E-state index in [1.165, 1.54) is 24.3 Å². The maximum atomic E-state index is 12.9. The summed E-state index contributed by atoms with van der Waals surface area (Å²) in [5.41, 5.74) is 2.38. The normalized spacial score (nSPS) is 10.6. The number of halogens is 1. The Balaban J connectivity index is 1.59. The lowest BCUT2D eigenvalue weighted by molar-refractivity contribution is 0.0953. The van der Waals surface area contributed by atoms with Gasteiger partial charge in [-0.2, -0.15) is 0 Å². The van der Waals surface area contributed by atoms with Crippen LogP contribution in [0.4, 0.5) is 4.39 Å². The van der Waals surface area contributed by atoms with Gasteiger partial charge in [-0.1, -0.05) is 18.1 Å². The first-order valence-corrected chi connectivity index (χ1v) is 8.10. The number of aryl methyl sites for hydroxylation is 1. The Hall–Kier alpha value is -3.13. The van der Waals surface area contributed by atoms with Crippen molar-refractivity contribution in [3.05, 3.63) is 65.7 Å². The lowest BCUT2D eigenvalue weighted by Crippen LogP contribution is -2.25. The maximum absolute atomic E-state index is 12.9. The van der Waals surface area contributed by atoms with Gasteiger partial charge < -0.3 is 9.88 Å². The summed E-state index contributed by atoms with van der Waals surface area (Å²) in [6, 6.07) is 13.4. The molecule has 0 fully saturated rings. The molecule has 0 bridgehead atoms. The molecule has 0 atom stereocenters. The van der Waals surface area contributed by atoms with E-state index in [4.69, 9.17) is 6.42 Å². The van der Waals surface area contributed by atoms with Crippen molar-refractivity contribution in [2.45, 2.75) is 19.4 Å². The molecule has 1 amide bonds. The van der Waals surface area contributed by atoms with Crippen LogP contribution in [0.1, 0.15) is 22.6 Å². The molecule has 25 heavy (non-hydrogen) atoms. The number of nitrogens with zero attached hydrogens (tertiary/aromatic N) is 2. The zero-order chi connectivity index (χ0) is 17.6. The molecule has 1 aromatic heterocycles. The summed E-state index contributed by atoms with van der Waals surface area (Å²) in [6.07, 6.45) is 6.91. The van der Waals surface area contributed by atoms with E-state index < -0.39 is 0 Å². The molecule has 5 heteroatoms. The Morgan fingerprint density at radius 1 is 1.20 bits per heavy atom. The number of rotatable bonds is 6. The summed E-state index contributed by atoms with van der Waals surface area (Å²) < 4.78 is 14.9. The molecule has 0 saturated heterocycles. The molecule has 4 nitrogen and oxygen atoms in total. The fraction of sp³-hybridized carbons (Fsp3) is 0.200. The van der Waals surface area contributed by atoms with Gasteiger partial charge in [0, 0.05) is 18.5 Å². The summed E-state index contributed by atoms with van der Waals surface area (Å²) in [7, 11) is 0. The topological polar surface area (TPSA) is 46.9 Å². The van der Waals surface area contributed by atoms with Crippen LogP contribution in [-0.4, -0.2) is 22.0 Å². The van der Waals surface area contributed by atoms with Crippen molar-refractivity contribution in [3.8, 4) is 12.3 Å². The quantitative estimate of drug-likeness (QED) is 0.555. The van der Waals surface area contributed by atoms with Crippen LogP contribution in [0.25, 0.3) is 11.0 Å². The van der Waals surface area contributed by atoms with E-state index in [0.29, 0.717) is 25.1 Å². The third-order valence-electron chi connectivity index (χ3n) is 3.95. The average molecular weight is 335 g/mol. The Bertz CT molecular complexity index is 922. The molecule has 2 aromatic carbocycles. The molecule has 1 N–H and O–H groups in total. The molecule has 0 saturated carbocycles. The van der Waals surface area contributed by atoms with E-state index in [1.54, 1.807) is 0 Å². The van der Waals surface area contributed by atoms with Gasteiger partial charge in [-0.25, -0.2) is 9.37 Å². The Labute approximate surface area is 145 Å². The Morgan fingerprint density at radius 3 is 2.72 bits per heavy atom. The van der Waals surface area contributed by atoms with Crippen molar-refractivity contribution in [3.63, 3.8) is 0 Å². The van der Waals surface area contributed by atoms with E-state index >= 15 is 0 Å². The van der Waals surface area contributed by atoms with Gasteiger partial charge in [-0.05, 0) is 42.8 Å². The molecule has 0 aliphatic heterocycles. The highest BCUT2D eigenvalue weighted by Gasteiger charge is 2.10. The predicted octanol–water partition coefficient (Wildman–Crippen LogP) is 3.17. The van der Waals surface area contributed by atoms with Crippen LogP contribution < -0.4 is 5.32 Å². The van der Waals surface area contributed by atoms with Crippen LogP contribution in [0, 0.1) is 18.2 Å². The highest BCUT2D eigenvalue weighted by molar-refractivity contribution is 5.94. The first kappa shape index (κ1) is 16.7. The minimum atomic E-state index is -0.357. The SMILES string of the molecule is C#CCn1c(CCCNC(=O)c2ccc(F)cc2)nc2ccccc21. The molecule has 0 spiro atoms. The van der Waals surface area contributed by atoms with Crippen LogP contribution in [-0.2, 0) is 13.0 Å². The molecular weight excluding hydrogens is 317 g/mol. The van der Waals surface area contributed by atoms with Crippen LogP contribution in [0.5, 0.6) is 0 Å². The zero-order valence-corrected chi connectivity index (χ0v) is 13.7. The summed E-state index contributed by atoms with van der Waals surface area (Å²) in [5, 5.41) is 2.84. The Kier molecular flexibility index (Phi) is 5.10. The molecule has 3 aromatic rings. The second-order valence-electron chi connectivity index (χ2n) is 5.67. The lowest BCUT2D eigenvalue weighted by Gasteiger charge is -2.07. The van der Waals surface area contributed by atoms with E-state index in [1.807, 2.05) is 28.8 Å². The van der Waals surface area contributed by atoms with E-state index in [2.05, 4.69) is 16.2 Å². The predicted molar refractivity (Wildman–Crippen MR) is 95.6 cm³/mol. The number of amides is 1. The van der Waals surface area contributed by atoms with Crippen molar-refractivity contribution < 1.29 is 9.18 Å². The lowest BCUT2D eigenvalue weighted by atomic mass is 10.2. The second kappa shape index (κ2) is 7.63. The van der Waals surface area contributed by atoms with Gasteiger partial charge in [0.15, 0.2) is 0 Å². The number of para-hydroxylation sites is 2. The minimum absolute atomic E-state index is 0.211. The van der Waals surface area contributed by atoms with Crippen LogP contribution >= 0.6 is 0 Å². The van der Waals surface area contributed by atoms with Crippen LogP contribution in [0.3, 0.4) is 0 Å². The smallest absolute Gasteiger partial charge is 0.251 e. The molecule has 126 valence electrons. The number of fused-ring (bicyclic) bond motifs is 1. The van der Waals surface area contributed by atoms with Crippen molar-refractivity contribution in [2.24, 2.45) is 0 Å². The number of benzene rings is 2. The molecular formula is C20H18FN3O. The first-order chi connectivity index (χ1) is 12.2. The van der Waals surface area contributed by atoms with Gasteiger partial charge in [-0.15, -0.1) is 6.42 Å². The van der Waals surface area contributed by atoms with Crippen LogP contribution in [0.2, 0.25) is 0 Å². The van der Waals surface area contributed by atoms with E-state index in [9.17, 15) is 9.18 Å². The summed E-state index contributed by atoms with van der Waals surface area (Å²) >= 11 is 0. The monoisotopic (exact) mass is 335 g/mol. The number of carbonyl (C=O) groups excluding carboxylic acids is 1. The standard InChI is InChI=1S/C20H18FN3O/c1-2-14-24-18-7-4-3-6-17(18)23-19(24)8-5-13-22-20(25)15-9-11-16(21)12-10-15/h1,3-4,6-7,9-12H,5,8,13-14H2,(H,22,25). The van der Waals surface area contributed by atoms with Gasteiger partial charge in [0.2, 0.25) is 0 Å². The minimum Gasteiger partial charge on any atom is -0.352 e. The first-order valence-electron chi connectivity index (χ1n) is 8.10. The zero-order valence-electron chi connectivity index (χ0n) is 13.7. The molecule has 0 aliphatic rings. The van der Waals surface area contributed by atoms with Gasteiger partial charge in [0.1, 0.15) is 11.6 Å². The third kappa shape index (κ3) is 3.86. The number of aromatic nitrogens is 2.